The van der Waals surface area contributed by atoms with Crippen LogP contribution in [0.4, 0.5) is 5.69 Å². The number of rotatable bonds is 3. The minimum atomic E-state index is -0.444. The zero-order valence-electron chi connectivity index (χ0n) is 12.8. The number of halogens is 1. The fourth-order valence-corrected chi connectivity index (χ4v) is 3.39. The van der Waals surface area contributed by atoms with Crippen molar-refractivity contribution >= 4 is 35.3 Å². The highest BCUT2D eigenvalue weighted by molar-refractivity contribution is 7.13. The van der Waals surface area contributed by atoms with Gasteiger partial charge in [0.25, 0.3) is 11.6 Å². The highest BCUT2D eigenvalue weighted by atomic mass is 35.5. The van der Waals surface area contributed by atoms with Crippen molar-refractivity contribution in [3.63, 3.8) is 0 Å². The van der Waals surface area contributed by atoms with Gasteiger partial charge in [0, 0.05) is 42.2 Å². The van der Waals surface area contributed by atoms with Crippen molar-refractivity contribution in [2.24, 2.45) is 5.73 Å². The number of carbonyl (C=O) groups excluding carboxylic acids is 1. The van der Waals surface area contributed by atoms with Crippen LogP contribution in [-0.2, 0) is 0 Å². The maximum Gasteiger partial charge on any atom is 0.273 e. The van der Waals surface area contributed by atoms with Crippen LogP contribution in [-0.4, -0.2) is 39.8 Å². The molecule has 0 spiro atoms. The van der Waals surface area contributed by atoms with Crippen molar-refractivity contribution < 1.29 is 9.72 Å². The molecule has 2 aromatic rings. The molecule has 1 fully saturated rings. The van der Waals surface area contributed by atoms with Gasteiger partial charge in [0.05, 0.1) is 4.92 Å². The summed E-state index contributed by atoms with van der Waals surface area (Å²) in [6.45, 7) is 1.26. The van der Waals surface area contributed by atoms with E-state index in [1.807, 2.05) is 0 Å². The molecule has 2 heterocycles. The molecule has 1 saturated heterocycles. The first kappa shape index (κ1) is 18.3. The monoisotopic (exact) mass is 368 g/mol. The van der Waals surface area contributed by atoms with E-state index in [4.69, 9.17) is 5.73 Å². The molecule has 1 atom stereocenters. The largest absolute Gasteiger partial charge is 0.336 e. The third kappa shape index (κ3) is 3.89. The summed E-state index contributed by atoms with van der Waals surface area (Å²) in [4.78, 5) is 28.8. The number of nitrogens with zero attached hydrogens (tertiary/aromatic N) is 3. The number of thiazole rings is 1. The Kier molecular flexibility index (Phi) is 5.87. The van der Waals surface area contributed by atoms with Gasteiger partial charge < -0.3 is 10.6 Å². The van der Waals surface area contributed by atoms with Crippen LogP contribution in [0.15, 0.2) is 29.6 Å². The molecule has 0 radical (unpaired) electrons. The van der Waals surface area contributed by atoms with Gasteiger partial charge in [0.15, 0.2) is 0 Å². The molecular weight excluding hydrogens is 352 g/mol. The number of nitro benzene ring substituents is 1. The normalized spacial score (nSPS) is 17.2. The van der Waals surface area contributed by atoms with Crippen LogP contribution in [0.3, 0.4) is 0 Å². The van der Waals surface area contributed by atoms with Crippen LogP contribution in [0.1, 0.15) is 23.3 Å². The number of amides is 1. The lowest BCUT2D eigenvalue weighted by Gasteiger charge is -2.30. The third-order valence-electron chi connectivity index (χ3n) is 3.79. The summed E-state index contributed by atoms with van der Waals surface area (Å²) in [5, 5.41) is 13.1. The topological polar surface area (TPSA) is 102 Å². The summed E-state index contributed by atoms with van der Waals surface area (Å²) in [6, 6.07) is 6.17. The molecule has 128 valence electrons. The average Bonchev–Trinajstić information content (AvgIpc) is 3.04. The number of likely N-dealkylation sites (tertiary alicyclic amines) is 1. The lowest BCUT2D eigenvalue weighted by molar-refractivity contribution is -0.384. The quantitative estimate of drug-likeness (QED) is 0.662. The minimum absolute atomic E-state index is 0. The smallest absolute Gasteiger partial charge is 0.273 e. The van der Waals surface area contributed by atoms with Crippen LogP contribution in [0.2, 0.25) is 0 Å². The molecule has 1 aromatic heterocycles. The number of benzene rings is 1. The van der Waals surface area contributed by atoms with E-state index in [1.165, 1.54) is 23.5 Å². The van der Waals surface area contributed by atoms with Crippen LogP contribution in [0, 0.1) is 10.1 Å². The predicted molar refractivity (Wildman–Crippen MR) is 94.6 cm³/mol. The van der Waals surface area contributed by atoms with E-state index in [0.29, 0.717) is 23.8 Å². The van der Waals surface area contributed by atoms with Gasteiger partial charge in [-0.25, -0.2) is 4.98 Å². The summed E-state index contributed by atoms with van der Waals surface area (Å²) in [5.74, 6) is -0.107. The number of aromatic nitrogens is 1. The summed E-state index contributed by atoms with van der Waals surface area (Å²) < 4.78 is 0. The van der Waals surface area contributed by atoms with Crippen molar-refractivity contribution in [3.8, 4) is 10.6 Å². The second-order valence-corrected chi connectivity index (χ2v) is 6.35. The molecular formula is C15H17ClN4O3S. The lowest BCUT2D eigenvalue weighted by atomic mass is 10.1. The number of carbonyl (C=O) groups is 1. The summed E-state index contributed by atoms with van der Waals surface area (Å²) in [5.41, 5.74) is 7.10. The summed E-state index contributed by atoms with van der Waals surface area (Å²) in [7, 11) is 0. The van der Waals surface area contributed by atoms with Gasteiger partial charge in [-0.3, -0.25) is 14.9 Å². The van der Waals surface area contributed by atoms with Crippen molar-refractivity contribution in [1.82, 2.24) is 9.88 Å². The van der Waals surface area contributed by atoms with Crippen molar-refractivity contribution in [2.75, 3.05) is 13.1 Å². The number of nitro groups is 1. The molecule has 1 aromatic carbocycles. The molecule has 7 nitrogen and oxygen atoms in total. The second-order valence-electron chi connectivity index (χ2n) is 5.50. The molecule has 0 saturated carbocycles. The number of nitrogens with two attached hydrogens (primary N) is 1. The van der Waals surface area contributed by atoms with Gasteiger partial charge >= 0.3 is 0 Å². The first-order valence-electron chi connectivity index (χ1n) is 7.30. The Hall–Kier alpha value is -2.03. The van der Waals surface area contributed by atoms with Crippen molar-refractivity contribution in [1.29, 1.82) is 0 Å². The fourth-order valence-electron chi connectivity index (χ4n) is 2.59. The minimum Gasteiger partial charge on any atom is -0.336 e. The van der Waals surface area contributed by atoms with Crippen molar-refractivity contribution in [3.05, 3.63) is 45.5 Å². The zero-order chi connectivity index (χ0) is 16.4. The Morgan fingerprint density at radius 1 is 1.38 bits per heavy atom. The van der Waals surface area contributed by atoms with E-state index in [-0.39, 0.29) is 30.0 Å². The van der Waals surface area contributed by atoms with Gasteiger partial charge in [0.2, 0.25) is 0 Å². The molecule has 0 aliphatic carbocycles. The van der Waals surface area contributed by atoms with E-state index in [2.05, 4.69) is 4.98 Å². The van der Waals surface area contributed by atoms with E-state index >= 15 is 0 Å². The lowest BCUT2D eigenvalue weighted by Crippen LogP contribution is -2.45. The first-order valence-corrected chi connectivity index (χ1v) is 8.18. The molecule has 1 aliphatic heterocycles. The third-order valence-corrected chi connectivity index (χ3v) is 4.68. The Labute approximate surface area is 149 Å². The van der Waals surface area contributed by atoms with Gasteiger partial charge in [-0.2, -0.15) is 0 Å². The summed E-state index contributed by atoms with van der Waals surface area (Å²) >= 11 is 1.35. The highest BCUT2D eigenvalue weighted by Gasteiger charge is 2.24. The molecule has 1 unspecified atom stereocenters. The van der Waals surface area contributed by atoms with Gasteiger partial charge in [-0.15, -0.1) is 23.7 Å². The maximum absolute atomic E-state index is 12.5. The van der Waals surface area contributed by atoms with E-state index in [0.717, 1.165) is 18.4 Å². The van der Waals surface area contributed by atoms with Gasteiger partial charge in [-0.05, 0) is 25.0 Å². The van der Waals surface area contributed by atoms with Crippen LogP contribution < -0.4 is 5.73 Å². The number of hydrogen-bond donors (Lipinski definition) is 1. The predicted octanol–water partition coefficient (Wildman–Crippen LogP) is 2.70. The van der Waals surface area contributed by atoms with E-state index in [1.54, 1.807) is 22.4 Å². The van der Waals surface area contributed by atoms with Crippen LogP contribution in [0.5, 0.6) is 0 Å². The maximum atomic E-state index is 12.5. The Bertz CT molecular complexity index is 735. The van der Waals surface area contributed by atoms with E-state index < -0.39 is 4.92 Å². The molecule has 3 rings (SSSR count). The van der Waals surface area contributed by atoms with Gasteiger partial charge in [0.1, 0.15) is 10.7 Å². The molecule has 24 heavy (non-hydrogen) atoms. The number of piperidine rings is 1. The molecule has 1 aliphatic rings. The van der Waals surface area contributed by atoms with Gasteiger partial charge in [-0.1, -0.05) is 0 Å². The fraction of sp³-hybridized carbons (Fsp3) is 0.333. The standard InChI is InChI=1S/C15H16N4O3S.ClH/c16-11-2-1-7-18(8-11)15(20)13-9-23-14(17-13)10-3-5-12(6-4-10)19(21)22;/h3-6,9,11H,1-2,7-8,16H2;1H. The van der Waals surface area contributed by atoms with E-state index in [9.17, 15) is 14.9 Å². The highest BCUT2D eigenvalue weighted by Crippen LogP contribution is 2.26. The zero-order valence-corrected chi connectivity index (χ0v) is 14.4. The molecule has 0 bridgehead atoms. The Balaban J connectivity index is 0.00000208. The number of hydrogen-bond acceptors (Lipinski definition) is 6. The Morgan fingerprint density at radius 3 is 2.71 bits per heavy atom. The van der Waals surface area contributed by atoms with Crippen molar-refractivity contribution in [2.45, 2.75) is 18.9 Å². The number of non-ortho nitro benzene ring substituents is 1. The second kappa shape index (κ2) is 7.69. The summed E-state index contributed by atoms with van der Waals surface area (Å²) in [6.07, 6.45) is 1.85. The Morgan fingerprint density at radius 2 is 2.08 bits per heavy atom. The van der Waals surface area contributed by atoms with Crippen LogP contribution in [0.25, 0.3) is 10.6 Å². The average molecular weight is 369 g/mol. The SMILES string of the molecule is Cl.NC1CCCN(C(=O)c2csc(-c3ccc([N+](=O)[O-])cc3)n2)C1. The molecule has 9 heteroatoms. The molecule has 2 N–H and O–H groups in total. The van der Waals surface area contributed by atoms with Crippen LogP contribution >= 0.6 is 23.7 Å². The molecule has 1 amide bonds. The first-order chi connectivity index (χ1) is 11.0.